The van der Waals surface area contributed by atoms with Crippen molar-refractivity contribution in [3.05, 3.63) is 42.9 Å². The fourth-order valence-corrected chi connectivity index (χ4v) is 0.806. The Morgan fingerprint density at radius 2 is 2.17 bits per heavy atom. The van der Waals surface area contributed by atoms with E-state index >= 15 is 0 Å². The predicted octanol–water partition coefficient (Wildman–Crippen LogP) is 1.12. The number of pyridine rings is 1. The van der Waals surface area contributed by atoms with Crippen LogP contribution < -0.4 is 4.84 Å². The van der Waals surface area contributed by atoms with Crippen LogP contribution in [0, 0.1) is 0 Å². The van der Waals surface area contributed by atoms with E-state index in [2.05, 4.69) is 10.1 Å². The summed E-state index contributed by atoms with van der Waals surface area (Å²) in [6, 6.07) is 7.23. The van der Waals surface area contributed by atoms with Gasteiger partial charge in [0.2, 0.25) is 5.88 Å². The molecular formula is C8H7N3O. The standard InChI is InChI=1S/C8H7N3O/c1-2-5-9-8(4-1)12-11-7-3-6-10-11/h1-7H. The molecule has 0 amide bonds. The topological polar surface area (TPSA) is 39.9 Å². The highest BCUT2D eigenvalue weighted by molar-refractivity contribution is 5.08. The molecule has 0 saturated heterocycles. The summed E-state index contributed by atoms with van der Waals surface area (Å²) in [4.78, 5) is 10.5. The number of rotatable bonds is 2. The van der Waals surface area contributed by atoms with Crippen molar-refractivity contribution in [1.29, 1.82) is 0 Å². The first-order valence-corrected chi connectivity index (χ1v) is 3.54. The van der Waals surface area contributed by atoms with E-state index in [-0.39, 0.29) is 0 Å². The van der Waals surface area contributed by atoms with Crippen LogP contribution >= 0.6 is 0 Å². The number of aromatic nitrogens is 3. The van der Waals surface area contributed by atoms with Crippen LogP contribution in [0.1, 0.15) is 0 Å². The van der Waals surface area contributed by atoms with Gasteiger partial charge in [-0.05, 0) is 12.1 Å². The summed E-state index contributed by atoms with van der Waals surface area (Å²) in [5.41, 5.74) is 0. The molecule has 0 atom stereocenters. The Kier molecular flexibility index (Phi) is 1.74. The highest BCUT2D eigenvalue weighted by Crippen LogP contribution is 2.03. The highest BCUT2D eigenvalue weighted by Gasteiger charge is 1.93. The maximum Gasteiger partial charge on any atom is 0.248 e. The molecule has 2 aromatic rings. The molecule has 2 aromatic heterocycles. The van der Waals surface area contributed by atoms with Crippen molar-refractivity contribution < 1.29 is 4.84 Å². The van der Waals surface area contributed by atoms with Crippen molar-refractivity contribution in [1.82, 2.24) is 14.9 Å². The average Bonchev–Trinajstić information content (AvgIpc) is 2.59. The molecule has 4 heteroatoms. The Bertz CT molecular complexity index is 330. The van der Waals surface area contributed by atoms with Crippen LogP contribution in [0.5, 0.6) is 5.88 Å². The molecule has 0 unspecified atom stereocenters. The molecule has 2 heterocycles. The molecule has 0 radical (unpaired) electrons. The zero-order valence-corrected chi connectivity index (χ0v) is 6.29. The lowest BCUT2D eigenvalue weighted by Crippen LogP contribution is -2.05. The van der Waals surface area contributed by atoms with E-state index < -0.39 is 0 Å². The molecule has 0 aromatic carbocycles. The molecule has 0 aliphatic carbocycles. The van der Waals surface area contributed by atoms with Gasteiger partial charge in [-0.25, -0.2) is 4.98 Å². The van der Waals surface area contributed by atoms with Crippen molar-refractivity contribution >= 4 is 0 Å². The molecule has 0 aliphatic heterocycles. The fraction of sp³-hybridized carbons (Fsp3) is 0. The van der Waals surface area contributed by atoms with Gasteiger partial charge in [-0.15, -0.1) is 5.10 Å². The first-order chi connectivity index (χ1) is 5.95. The van der Waals surface area contributed by atoms with Gasteiger partial charge in [0.15, 0.2) is 0 Å². The molecule has 0 saturated carbocycles. The maximum atomic E-state index is 5.21. The largest absolute Gasteiger partial charge is 0.338 e. The number of hydrogen-bond acceptors (Lipinski definition) is 3. The Balaban J connectivity index is 2.15. The van der Waals surface area contributed by atoms with Crippen molar-refractivity contribution in [2.75, 3.05) is 0 Å². The minimum Gasteiger partial charge on any atom is -0.338 e. The summed E-state index contributed by atoms with van der Waals surface area (Å²) in [5.74, 6) is 0.529. The lowest BCUT2D eigenvalue weighted by atomic mass is 10.5. The maximum absolute atomic E-state index is 5.21. The molecular weight excluding hydrogens is 154 g/mol. The van der Waals surface area contributed by atoms with E-state index in [1.807, 2.05) is 12.1 Å². The van der Waals surface area contributed by atoms with Crippen molar-refractivity contribution in [2.45, 2.75) is 0 Å². The van der Waals surface area contributed by atoms with E-state index in [9.17, 15) is 0 Å². The van der Waals surface area contributed by atoms with Gasteiger partial charge >= 0.3 is 0 Å². The molecule has 0 bridgehead atoms. The first kappa shape index (κ1) is 6.84. The monoisotopic (exact) mass is 161 g/mol. The van der Waals surface area contributed by atoms with Gasteiger partial charge in [-0.3, -0.25) is 0 Å². The Morgan fingerprint density at radius 1 is 1.17 bits per heavy atom. The average molecular weight is 161 g/mol. The second kappa shape index (κ2) is 3.04. The summed E-state index contributed by atoms with van der Waals surface area (Å²) in [6.45, 7) is 0. The Hall–Kier alpha value is -1.84. The molecule has 60 valence electrons. The third kappa shape index (κ3) is 1.42. The lowest BCUT2D eigenvalue weighted by molar-refractivity contribution is 0.170. The zero-order chi connectivity index (χ0) is 8.23. The van der Waals surface area contributed by atoms with Crippen molar-refractivity contribution in [3.8, 4) is 5.88 Å². The minimum atomic E-state index is 0.529. The zero-order valence-electron chi connectivity index (χ0n) is 6.29. The molecule has 0 fully saturated rings. The first-order valence-electron chi connectivity index (χ1n) is 3.54. The molecule has 0 aliphatic rings. The molecule has 2 rings (SSSR count). The quantitative estimate of drug-likeness (QED) is 0.662. The second-order valence-electron chi connectivity index (χ2n) is 2.17. The molecule has 12 heavy (non-hydrogen) atoms. The number of nitrogens with zero attached hydrogens (tertiary/aromatic N) is 3. The summed E-state index contributed by atoms with van der Waals surface area (Å²) in [5, 5.41) is 3.87. The normalized spacial score (nSPS) is 9.67. The van der Waals surface area contributed by atoms with Gasteiger partial charge in [-0.1, -0.05) is 10.9 Å². The van der Waals surface area contributed by atoms with Gasteiger partial charge in [0.25, 0.3) is 0 Å². The Labute approximate surface area is 69.4 Å². The van der Waals surface area contributed by atoms with Gasteiger partial charge in [0.1, 0.15) is 0 Å². The third-order valence-electron chi connectivity index (χ3n) is 1.30. The predicted molar refractivity (Wildman–Crippen MR) is 42.5 cm³/mol. The summed E-state index contributed by atoms with van der Waals surface area (Å²) in [7, 11) is 0. The second-order valence-corrected chi connectivity index (χ2v) is 2.17. The van der Waals surface area contributed by atoms with Gasteiger partial charge in [0.05, 0.1) is 12.4 Å². The van der Waals surface area contributed by atoms with Crippen LogP contribution in [0.25, 0.3) is 0 Å². The van der Waals surface area contributed by atoms with Gasteiger partial charge < -0.3 is 4.84 Å². The summed E-state index contributed by atoms with van der Waals surface area (Å²) in [6.07, 6.45) is 5.01. The van der Waals surface area contributed by atoms with E-state index in [1.54, 1.807) is 30.7 Å². The number of hydrogen-bond donors (Lipinski definition) is 0. The highest BCUT2D eigenvalue weighted by atomic mass is 16.7. The van der Waals surface area contributed by atoms with Gasteiger partial charge in [-0.2, -0.15) is 0 Å². The SMILES string of the molecule is c1ccc(On2cccn2)nc1. The molecule has 4 nitrogen and oxygen atoms in total. The van der Waals surface area contributed by atoms with E-state index in [1.165, 1.54) is 4.85 Å². The van der Waals surface area contributed by atoms with E-state index in [0.717, 1.165) is 0 Å². The van der Waals surface area contributed by atoms with Crippen LogP contribution in [0.2, 0.25) is 0 Å². The van der Waals surface area contributed by atoms with Crippen LogP contribution in [-0.4, -0.2) is 14.9 Å². The van der Waals surface area contributed by atoms with Crippen molar-refractivity contribution in [3.63, 3.8) is 0 Å². The van der Waals surface area contributed by atoms with Gasteiger partial charge in [0, 0.05) is 12.3 Å². The third-order valence-corrected chi connectivity index (χ3v) is 1.30. The summed E-state index contributed by atoms with van der Waals surface area (Å²) < 4.78 is 0. The van der Waals surface area contributed by atoms with E-state index in [4.69, 9.17) is 4.84 Å². The lowest BCUT2D eigenvalue weighted by Gasteiger charge is -2.00. The molecule has 0 spiro atoms. The molecule has 0 N–H and O–H groups in total. The van der Waals surface area contributed by atoms with Crippen molar-refractivity contribution in [2.24, 2.45) is 0 Å². The van der Waals surface area contributed by atoms with Crippen LogP contribution in [0.15, 0.2) is 42.9 Å². The smallest absolute Gasteiger partial charge is 0.248 e. The van der Waals surface area contributed by atoms with Crippen LogP contribution in [0.4, 0.5) is 0 Å². The van der Waals surface area contributed by atoms with Crippen LogP contribution in [-0.2, 0) is 0 Å². The van der Waals surface area contributed by atoms with Crippen LogP contribution in [0.3, 0.4) is 0 Å². The summed E-state index contributed by atoms with van der Waals surface area (Å²) >= 11 is 0. The minimum absolute atomic E-state index is 0.529. The fourth-order valence-electron chi connectivity index (χ4n) is 0.806. The Morgan fingerprint density at radius 3 is 2.83 bits per heavy atom. The van der Waals surface area contributed by atoms with E-state index in [0.29, 0.717) is 5.88 Å².